The highest BCUT2D eigenvalue weighted by Crippen LogP contribution is 2.70. The van der Waals surface area contributed by atoms with Crippen LogP contribution in [0.15, 0.2) is 18.2 Å². The van der Waals surface area contributed by atoms with Gasteiger partial charge in [-0.15, -0.1) is 0 Å². The normalized spacial score (nSPS) is 34.7. The molecule has 2 bridgehead atoms. The molecule has 1 amide bonds. The van der Waals surface area contributed by atoms with Crippen LogP contribution in [0.2, 0.25) is 0 Å². The molecule has 1 spiro atoms. The van der Waals surface area contributed by atoms with E-state index in [2.05, 4.69) is 19.2 Å². The number of carbonyl (C=O) groups excluding carboxylic acids is 1. The van der Waals surface area contributed by atoms with Crippen LogP contribution in [0.3, 0.4) is 0 Å². The Labute approximate surface area is 172 Å². The molecule has 0 radical (unpaired) electrons. The largest absolute Gasteiger partial charge is 0.496 e. The Bertz CT molecular complexity index is 782. The summed E-state index contributed by atoms with van der Waals surface area (Å²) >= 11 is 0. The van der Waals surface area contributed by atoms with Gasteiger partial charge in [0.05, 0.1) is 25.4 Å². The summed E-state index contributed by atoms with van der Waals surface area (Å²) in [6, 6.07) is 4.99. The molecular weight excluding hydrogens is 373 g/mol. The van der Waals surface area contributed by atoms with Crippen LogP contribution < -0.4 is 10.1 Å². The number of benzene rings is 1. The summed E-state index contributed by atoms with van der Waals surface area (Å²) in [5, 5.41) is 3.34. The second-order valence-corrected chi connectivity index (χ2v) is 9.44. The standard InChI is InChI=1S/C23H32FNO4/c1-22(2)14-12-15-20(19-16(24)6-5-7-17(19)28-4)29-11-9-23(15,13-14)21(22)25-18(26)8-10-27-3/h5-7,14-15,20-21H,8-13H2,1-4H3,(H,25,26)/t14-,15-,20+,21-,23?/m1/s1. The second-order valence-electron chi connectivity index (χ2n) is 9.44. The van der Waals surface area contributed by atoms with E-state index in [1.807, 2.05) is 0 Å². The molecule has 3 fully saturated rings. The summed E-state index contributed by atoms with van der Waals surface area (Å²) in [5.41, 5.74) is 0.446. The lowest BCUT2D eigenvalue weighted by Crippen LogP contribution is -2.59. The zero-order chi connectivity index (χ0) is 20.8. The summed E-state index contributed by atoms with van der Waals surface area (Å²) < 4.78 is 31.6. The molecule has 1 aromatic rings. The molecule has 4 rings (SSSR count). The third-order valence-corrected chi connectivity index (χ3v) is 7.86. The maximum absolute atomic E-state index is 14.9. The van der Waals surface area contributed by atoms with E-state index in [0.29, 0.717) is 36.9 Å². The number of amides is 1. The van der Waals surface area contributed by atoms with Crippen molar-refractivity contribution < 1.29 is 23.4 Å². The molecule has 1 aliphatic heterocycles. The van der Waals surface area contributed by atoms with Gasteiger partial charge in [0.25, 0.3) is 0 Å². The lowest BCUT2D eigenvalue weighted by molar-refractivity contribution is -0.138. The Kier molecular flexibility index (Phi) is 5.36. The van der Waals surface area contributed by atoms with Gasteiger partial charge < -0.3 is 19.5 Å². The third-order valence-electron chi connectivity index (χ3n) is 7.86. The molecule has 1 saturated heterocycles. The number of carbonyl (C=O) groups is 1. The Balaban J connectivity index is 1.68. The van der Waals surface area contributed by atoms with Crippen molar-refractivity contribution in [2.45, 2.75) is 51.7 Å². The zero-order valence-corrected chi connectivity index (χ0v) is 17.8. The molecule has 2 aliphatic carbocycles. The first-order valence-corrected chi connectivity index (χ1v) is 10.6. The van der Waals surface area contributed by atoms with Crippen LogP contribution in [0, 0.1) is 28.5 Å². The molecule has 1 N–H and O–H groups in total. The SMILES string of the molecule is COCCC(=O)N[C@@H]1C(C)(C)[C@@H]2C[C@@H]3[C@@H](c4c(F)cccc4OC)OCCC31C2. The summed E-state index contributed by atoms with van der Waals surface area (Å²) in [7, 11) is 3.17. The number of hydrogen-bond donors (Lipinski definition) is 1. The molecule has 5 atom stereocenters. The number of nitrogens with one attached hydrogen (secondary N) is 1. The molecule has 3 aliphatic rings. The van der Waals surface area contributed by atoms with E-state index < -0.39 is 0 Å². The fraction of sp³-hybridized carbons (Fsp3) is 0.696. The van der Waals surface area contributed by atoms with Gasteiger partial charge in [0.1, 0.15) is 11.6 Å². The van der Waals surface area contributed by atoms with Gasteiger partial charge in [0, 0.05) is 26.2 Å². The fourth-order valence-corrected chi connectivity index (χ4v) is 6.47. The van der Waals surface area contributed by atoms with Crippen molar-refractivity contribution in [1.82, 2.24) is 5.32 Å². The van der Waals surface area contributed by atoms with E-state index in [0.717, 1.165) is 19.3 Å². The highest BCUT2D eigenvalue weighted by atomic mass is 19.1. The molecular formula is C23H32FNO4. The monoisotopic (exact) mass is 405 g/mol. The Morgan fingerprint density at radius 1 is 1.34 bits per heavy atom. The summed E-state index contributed by atoms with van der Waals surface area (Å²) in [6.45, 7) is 5.50. The zero-order valence-electron chi connectivity index (χ0n) is 17.8. The predicted octanol–water partition coefficient (Wildman–Crippen LogP) is 3.87. The average Bonchev–Trinajstić information content (AvgIpc) is 3.19. The molecule has 160 valence electrons. The van der Waals surface area contributed by atoms with Gasteiger partial charge >= 0.3 is 0 Å². The van der Waals surface area contributed by atoms with Gasteiger partial charge in [-0.05, 0) is 54.1 Å². The molecule has 5 nitrogen and oxygen atoms in total. The van der Waals surface area contributed by atoms with Crippen LogP contribution in [-0.2, 0) is 14.3 Å². The van der Waals surface area contributed by atoms with Gasteiger partial charge in [-0.1, -0.05) is 19.9 Å². The highest BCUT2D eigenvalue weighted by molar-refractivity contribution is 5.76. The Morgan fingerprint density at radius 2 is 2.14 bits per heavy atom. The van der Waals surface area contributed by atoms with Crippen molar-refractivity contribution >= 4 is 5.91 Å². The van der Waals surface area contributed by atoms with Gasteiger partial charge in [-0.3, -0.25) is 4.79 Å². The van der Waals surface area contributed by atoms with Crippen molar-refractivity contribution in [3.8, 4) is 5.75 Å². The van der Waals surface area contributed by atoms with Crippen LogP contribution in [0.5, 0.6) is 5.75 Å². The van der Waals surface area contributed by atoms with Crippen LogP contribution in [0.25, 0.3) is 0 Å². The lowest BCUT2D eigenvalue weighted by Gasteiger charge is -2.53. The number of hydrogen-bond acceptors (Lipinski definition) is 4. The highest BCUT2D eigenvalue weighted by Gasteiger charge is 2.68. The summed E-state index contributed by atoms with van der Waals surface area (Å²) in [6.07, 6.45) is 2.94. The number of fused-ring (bicyclic) bond motifs is 1. The minimum atomic E-state index is -0.348. The van der Waals surface area contributed by atoms with Crippen LogP contribution in [0.4, 0.5) is 4.39 Å². The number of ether oxygens (including phenoxy) is 3. The Hall–Kier alpha value is -1.66. The summed E-state index contributed by atoms with van der Waals surface area (Å²) in [5.74, 6) is 0.913. The van der Waals surface area contributed by atoms with Crippen LogP contribution in [0.1, 0.15) is 51.2 Å². The van der Waals surface area contributed by atoms with Crippen LogP contribution >= 0.6 is 0 Å². The van der Waals surface area contributed by atoms with Crippen LogP contribution in [-0.4, -0.2) is 39.4 Å². The first-order valence-electron chi connectivity index (χ1n) is 10.6. The average molecular weight is 406 g/mol. The van der Waals surface area contributed by atoms with Gasteiger partial charge in [0.15, 0.2) is 0 Å². The molecule has 1 unspecified atom stereocenters. The first-order chi connectivity index (χ1) is 13.8. The topological polar surface area (TPSA) is 56.8 Å². The summed E-state index contributed by atoms with van der Waals surface area (Å²) in [4.78, 5) is 12.6. The molecule has 0 aromatic heterocycles. The third kappa shape index (κ3) is 3.15. The van der Waals surface area contributed by atoms with Crippen molar-refractivity contribution in [1.29, 1.82) is 0 Å². The molecule has 2 saturated carbocycles. The minimum absolute atomic E-state index is 0.000437. The van der Waals surface area contributed by atoms with Gasteiger partial charge in [-0.2, -0.15) is 0 Å². The van der Waals surface area contributed by atoms with Gasteiger partial charge in [-0.25, -0.2) is 4.39 Å². The molecule has 1 heterocycles. The Morgan fingerprint density at radius 3 is 2.86 bits per heavy atom. The van der Waals surface area contributed by atoms with E-state index >= 15 is 0 Å². The van der Waals surface area contributed by atoms with Crippen molar-refractivity contribution in [2.24, 2.45) is 22.7 Å². The maximum Gasteiger partial charge on any atom is 0.222 e. The smallest absolute Gasteiger partial charge is 0.222 e. The minimum Gasteiger partial charge on any atom is -0.496 e. The van der Waals surface area contributed by atoms with E-state index in [4.69, 9.17) is 14.2 Å². The van der Waals surface area contributed by atoms with E-state index in [9.17, 15) is 9.18 Å². The molecule has 29 heavy (non-hydrogen) atoms. The number of halogens is 1. The predicted molar refractivity (Wildman–Crippen MR) is 107 cm³/mol. The quantitative estimate of drug-likeness (QED) is 0.781. The lowest BCUT2D eigenvalue weighted by atomic mass is 9.58. The van der Waals surface area contributed by atoms with Crippen molar-refractivity contribution in [3.05, 3.63) is 29.6 Å². The van der Waals surface area contributed by atoms with E-state index in [-0.39, 0.29) is 40.6 Å². The molecule has 1 aromatic carbocycles. The van der Waals surface area contributed by atoms with E-state index in [1.165, 1.54) is 6.07 Å². The number of methoxy groups -OCH3 is 2. The fourth-order valence-electron chi connectivity index (χ4n) is 6.47. The first kappa shape index (κ1) is 20.6. The van der Waals surface area contributed by atoms with Gasteiger partial charge in [0.2, 0.25) is 5.91 Å². The van der Waals surface area contributed by atoms with Crippen molar-refractivity contribution in [3.63, 3.8) is 0 Å². The van der Waals surface area contributed by atoms with Crippen molar-refractivity contribution in [2.75, 3.05) is 27.4 Å². The number of rotatable bonds is 6. The second kappa shape index (κ2) is 7.55. The maximum atomic E-state index is 14.9. The molecule has 6 heteroatoms. The van der Waals surface area contributed by atoms with E-state index in [1.54, 1.807) is 26.4 Å².